The molecule has 5 nitrogen and oxygen atoms in total. The van der Waals surface area contributed by atoms with Crippen molar-refractivity contribution in [2.45, 2.75) is 9.92 Å². The number of nitrogens with two attached hydrogens (primary N) is 1. The third-order valence-electron chi connectivity index (χ3n) is 4.05. The van der Waals surface area contributed by atoms with Gasteiger partial charge in [-0.2, -0.15) is 0 Å². The van der Waals surface area contributed by atoms with E-state index in [-0.39, 0.29) is 0 Å². The quantitative estimate of drug-likeness (QED) is 0.343. The Morgan fingerprint density at radius 3 is 1.82 bits per heavy atom. The minimum atomic E-state index is 0.508. The number of hydrogen-bond donors (Lipinski definition) is 2. The van der Waals surface area contributed by atoms with Gasteiger partial charge in [0.2, 0.25) is 0 Å². The number of aromatic nitrogens is 2. The van der Waals surface area contributed by atoms with Crippen LogP contribution in [0.25, 0.3) is 0 Å². The van der Waals surface area contributed by atoms with E-state index in [1.165, 1.54) is 18.1 Å². The summed E-state index contributed by atoms with van der Waals surface area (Å²) in [6.45, 7) is 0. The molecule has 0 saturated carbocycles. The van der Waals surface area contributed by atoms with Crippen molar-refractivity contribution in [2.24, 2.45) is 0 Å². The topological polar surface area (TPSA) is 67.1 Å². The third kappa shape index (κ3) is 4.07. The molecule has 3 aromatic carbocycles. The number of hydrazine groups is 1. The number of nitrogen functional groups attached to an aromatic ring is 1. The summed E-state index contributed by atoms with van der Waals surface area (Å²) >= 11 is 1.51. The summed E-state index contributed by atoms with van der Waals surface area (Å²) in [7, 11) is 0. The van der Waals surface area contributed by atoms with Gasteiger partial charge in [-0.25, -0.2) is 9.97 Å². The van der Waals surface area contributed by atoms with Crippen molar-refractivity contribution < 1.29 is 0 Å². The predicted octanol–water partition coefficient (Wildman–Crippen LogP) is 5.38. The van der Waals surface area contributed by atoms with Crippen LogP contribution in [-0.4, -0.2) is 9.97 Å². The van der Waals surface area contributed by atoms with Crippen LogP contribution in [0.2, 0.25) is 0 Å². The summed E-state index contributed by atoms with van der Waals surface area (Å²) in [4.78, 5) is 9.80. The second-order valence-electron chi connectivity index (χ2n) is 5.97. The Bertz CT molecular complexity index is 987. The van der Waals surface area contributed by atoms with Gasteiger partial charge >= 0.3 is 0 Å². The summed E-state index contributed by atoms with van der Waals surface area (Å²) in [6, 6.07) is 30.1. The maximum atomic E-state index is 6.40. The van der Waals surface area contributed by atoms with Crippen LogP contribution in [0.15, 0.2) is 107 Å². The molecule has 0 radical (unpaired) electrons. The van der Waals surface area contributed by atoms with E-state index in [4.69, 9.17) is 5.73 Å². The van der Waals surface area contributed by atoms with Crippen LogP contribution < -0.4 is 16.2 Å². The molecule has 0 aliphatic rings. The van der Waals surface area contributed by atoms with Gasteiger partial charge in [-0.15, -0.1) is 0 Å². The first-order valence-corrected chi connectivity index (χ1v) is 9.63. The fourth-order valence-corrected chi connectivity index (χ4v) is 3.51. The first-order valence-electron chi connectivity index (χ1n) is 8.81. The smallest absolute Gasteiger partial charge is 0.172 e. The molecule has 1 heterocycles. The standard InChI is InChI=1S/C22H19N5S/c23-20-21(24-16-25-22(20)28-19-14-8-3-9-15-19)26-27(17-10-4-1-5-11-17)18-12-6-2-7-13-18/h1-16H,23H2,(H,24,25,26). The Kier molecular flexibility index (Phi) is 5.40. The number of anilines is 4. The van der Waals surface area contributed by atoms with Gasteiger partial charge in [0.15, 0.2) is 5.82 Å². The van der Waals surface area contributed by atoms with Gasteiger partial charge in [-0.1, -0.05) is 66.4 Å². The number of para-hydroxylation sites is 2. The van der Waals surface area contributed by atoms with Gasteiger partial charge in [0.1, 0.15) is 17.0 Å². The SMILES string of the molecule is Nc1c(NN(c2ccccc2)c2ccccc2)ncnc1Sc1ccccc1. The van der Waals surface area contributed by atoms with E-state index in [0.29, 0.717) is 16.5 Å². The Balaban J connectivity index is 1.67. The molecule has 0 aliphatic carbocycles. The molecular weight excluding hydrogens is 366 g/mol. The average molecular weight is 385 g/mol. The van der Waals surface area contributed by atoms with E-state index < -0.39 is 0 Å². The lowest BCUT2D eigenvalue weighted by atomic mass is 10.2. The van der Waals surface area contributed by atoms with Gasteiger partial charge < -0.3 is 5.73 Å². The number of hydrogen-bond acceptors (Lipinski definition) is 6. The number of nitrogens with one attached hydrogen (secondary N) is 1. The zero-order valence-electron chi connectivity index (χ0n) is 15.1. The molecular formula is C22H19N5S. The lowest BCUT2D eigenvalue weighted by Crippen LogP contribution is -2.25. The van der Waals surface area contributed by atoms with Crippen molar-refractivity contribution >= 4 is 34.6 Å². The van der Waals surface area contributed by atoms with Gasteiger partial charge in [0, 0.05) is 4.90 Å². The van der Waals surface area contributed by atoms with Gasteiger partial charge in [-0.3, -0.25) is 10.4 Å². The fourth-order valence-electron chi connectivity index (χ4n) is 2.69. The Labute approximate surface area is 168 Å². The Morgan fingerprint density at radius 1 is 0.714 bits per heavy atom. The van der Waals surface area contributed by atoms with Crippen molar-refractivity contribution in [2.75, 3.05) is 16.2 Å². The van der Waals surface area contributed by atoms with Crippen LogP contribution in [0.5, 0.6) is 0 Å². The van der Waals surface area contributed by atoms with Crippen molar-refractivity contribution in [1.29, 1.82) is 0 Å². The predicted molar refractivity (Wildman–Crippen MR) is 116 cm³/mol. The Hall–Kier alpha value is -3.51. The van der Waals surface area contributed by atoms with Gasteiger partial charge in [0.25, 0.3) is 0 Å². The zero-order valence-corrected chi connectivity index (χ0v) is 15.9. The van der Waals surface area contributed by atoms with Crippen LogP contribution >= 0.6 is 11.8 Å². The highest BCUT2D eigenvalue weighted by Crippen LogP contribution is 2.34. The fraction of sp³-hybridized carbons (Fsp3) is 0. The van der Waals surface area contributed by atoms with Crippen molar-refractivity contribution in [3.63, 3.8) is 0 Å². The summed E-state index contributed by atoms with van der Waals surface area (Å²) in [5.41, 5.74) is 12.2. The molecule has 138 valence electrons. The number of rotatable bonds is 6. The maximum Gasteiger partial charge on any atom is 0.172 e. The van der Waals surface area contributed by atoms with Crippen LogP contribution in [0.1, 0.15) is 0 Å². The molecule has 0 spiro atoms. The molecule has 0 bridgehead atoms. The Morgan fingerprint density at radius 2 is 1.25 bits per heavy atom. The minimum absolute atomic E-state index is 0.508. The second-order valence-corrected chi connectivity index (χ2v) is 7.04. The number of benzene rings is 3. The van der Waals surface area contributed by atoms with Crippen molar-refractivity contribution in [1.82, 2.24) is 9.97 Å². The molecule has 0 unspecified atom stereocenters. The molecule has 28 heavy (non-hydrogen) atoms. The lowest BCUT2D eigenvalue weighted by molar-refractivity contribution is 1.03. The first-order chi connectivity index (χ1) is 13.8. The molecule has 1 aromatic heterocycles. The molecule has 0 saturated heterocycles. The van der Waals surface area contributed by atoms with E-state index in [2.05, 4.69) is 15.4 Å². The van der Waals surface area contributed by atoms with E-state index in [1.54, 1.807) is 0 Å². The minimum Gasteiger partial charge on any atom is -0.393 e. The highest BCUT2D eigenvalue weighted by Gasteiger charge is 2.14. The molecule has 0 amide bonds. The van der Waals surface area contributed by atoms with Gasteiger partial charge in [-0.05, 0) is 36.4 Å². The van der Waals surface area contributed by atoms with Crippen LogP contribution in [-0.2, 0) is 0 Å². The maximum absolute atomic E-state index is 6.40. The number of nitrogens with zero attached hydrogens (tertiary/aromatic N) is 3. The van der Waals surface area contributed by atoms with Crippen molar-refractivity contribution in [3.05, 3.63) is 97.3 Å². The second kappa shape index (κ2) is 8.45. The first kappa shape index (κ1) is 17.9. The molecule has 3 N–H and O–H groups in total. The normalized spacial score (nSPS) is 10.4. The zero-order chi connectivity index (χ0) is 19.2. The highest BCUT2D eigenvalue weighted by molar-refractivity contribution is 7.99. The van der Waals surface area contributed by atoms with Gasteiger partial charge in [0.05, 0.1) is 11.4 Å². The molecule has 0 aliphatic heterocycles. The van der Waals surface area contributed by atoms with Crippen LogP contribution in [0.3, 0.4) is 0 Å². The van der Waals surface area contributed by atoms with E-state index >= 15 is 0 Å². The monoisotopic (exact) mass is 385 g/mol. The summed E-state index contributed by atoms with van der Waals surface area (Å²) in [6.07, 6.45) is 1.53. The molecule has 0 atom stereocenters. The van der Waals surface area contributed by atoms with E-state index in [9.17, 15) is 0 Å². The van der Waals surface area contributed by atoms with Crippen LogP contribution in [0.4, 0.5) is 22.9 Å². The highest BCUT2D eigenvalue weighted by atomic mass is 32.2. The third-order valence-corrected chi connectivity index (χ3v) is 5.08. The summed E-state index contributed by atoms with van der Waals surface area (Å²) < 4.78 is 0. The van der Waals surface area contributed by atoms with Crippen molar-refractivity contribution in [3.8, 4) is 0 Å². The lowest BCUT2D eigenvalue weighted by Gasteiger charge is -2.26. The molecule has 4 aromatic rings. The molecule has 0 fully saturated rings. The van der Waals surface area contributed by atoms with E-state index in [1.807, 2.05) is 96.0 Å². The largest absolute Gasteiger partial charge is 0.393 e. The molecule has 6 heteroatoms. The average Bonchev–Trinajstić information content (AvgIpc) is 2.76. The summed E-state index contributed by atoms with van der Waals surface area (Å²) in [5, 5.41) is 2.67. The van der Waals surface area contributed by atoms with Crippen LogP contribution in [0, 0.1) is 0 Å². The summed E-state index contributed by atoms with van der Waals surface area (Å²) in [5.74, 6) is 0.557. The molecule has 4 rings (SSSR count). The van der Waals surface area contributed by atoms with E-state index in [0.717, 1.165) is 16.3 Å².